The first-order valence-electron chi connectivity index (χ1n) is 8.55. The zero-order chi connectivity index (χ0) is 18.9. The molecule has 1 unspecified atom stereocenters. The maximum absolute atomic E-state index is 10.3. The summed E-state index contributed by atoms with van der Waals surface area (Å²) in [7, 11) is 0. The highest BCUT2D eigenvalue weighted by atomic mass is 127. The number of halogens is 3. The van der Waals surface area contributed by atoms with Crippen LogP contribution >= 0.6 is 58.5 Å². The van der Waals surface area contributed by atoms with Crippen LogP contribution in [0.4, 0.5) is 0 Å². The van der Waals surface area contributed by atoms with E-state index in [2.05, 4.69) is 26.0 Å². The van der Waals surface area contributed by atoms with Crippen molar-refractivity contribution >= 4 is 64.5 Å². The predicted octanol–water partition coefficient (Wildman–Crippen LogP) is 4.60. The van der Waals surface area contributed by atoms with Crippen molar-refractivity contribution in [1.82, 2.24) is 15.6 Å². The molecule has 0 saturated heterocycles. The van der Waals surface area contributed by atoms with E-state index >= 15 is 0 Å². The number of hydrogen-bond donors (Lipinski definition) is 3. The molecule has 9 heteroatoms. The molecular weight excluding hydrogens is 518 g/mol. The highest BCUT2D eigenvalue weighted by Gasteiger charge is 2.10. The van der Waals surface area contributed by atoms with Gasteiger partial charge in [-0.05, 0) is 44.0 Å². The van der Waals surface area contributed by atoms with E-state index in [9.17, 15) is 5.11 Å². The van der Waals surface area contributed by atoms with Crippen molar-refractivity contribution in [3.05, 3.63) is 49.9 Å². The number of aliphatic hydroxyl groups excluding tert-OH is 1. The molecular formula is C18H25Cl2IN4OS. The fourth-order valence-electron chi connectivity index (χ4n) is 2.36. The van der Waals surface area contributed by atoms with Gasteiger partial charge < -0.3 is 15.7 Å². The van der Waals surface area contributed by atoms with Gasteiger partial charge in [-0.25, -0.2) is 4.98 Å². The third-order valence-electron chi connectivity index (χ3n) is 3.56. The van der Waals surface area contributed by atoms with Crippen LogP contribution < -0.4 is 10.6 Å². The van der Waals surface area contributed by atoms with Gasteiger partial charge in [0.2, 0.25) is 0 Å². The number of thiazole rings is 1. The zero-order valence-corrected chi connectivity index (χ0v) is 20.0. The van der Waals surface area contributed by atoms with E-state index in [0.29, 0.717) is 21.6 Å². The van der Waals surface area contributed by atoms with E-state index in [0.717, 1.165) is 36.6 Å². The minimum atomic E-state index is -0.764. The number of aliphatic imine (C=N–C) groups is 1. The van der Waals surface area contributed by atoms with Crippen LogP contribution in [0.5, 0.6) is 0 Å². The zero-order valence-electron chi connectivity index (χ0n) is 15.3. The summed E-state index contributed by atoms with van der Waals surface area (Å²) in [4.78, 5) is 8.90. The second kappa shape index (κ2) is 12.8. The Morgan fingerprint density at radius 1 is 1.26 bits per heavy atom. The molecule has 0 saturated carbocycles. The molecule has 1 heterocycles. The number of aliphatic hydroxyl groups is 1. The second-order valence-corrected chi connectivity index (χ2v) is 7.67. The Labute approximate surface area is 191 Å². The van der Waals surface area contributed by atoms with E-state index in [1.54, 1.807) is 29.5 Å². The third-order valence-corrected chi connectivity index (χ3v) is 5.03. The van der Waals surface area contributed by atoms with Crippen LogP contribution in [0.3, 0.4) is 0 Å². The third kappa shape index (κ3) is 8.95. The van der Waals surface area contributed by atoms with Gasteiger partial charge in [0.05, 0.1) is 17.7 Å². The molecule has 150 valence electrons. The lowest BCUT2D eigenvalue weighted by atomic mass is 10.1. The van der Waals surface area contributed by atoms with Crippen molar-refractivity contribution < 1.29 is 5.11 Å². The number of aromatic nitrogens is 1. The van der Waals surface area contributed by atoms with E-state index < -0.39 is 6.10 Å². The highest BCUT2D eigenvalue weighted by Crippen LogP contribution is 2.23. The fourth-order valence-corrected chi connectivity index (χ4v) is 3.72. The van der Waals surface area contributed by atoms with Crippen molar-refractivity contribution in [1.29, 1.82) is 0 Å². The molecule has 0 bridgehead atoms. The number of hydrogen-bond acceptors (Lipinski definition) is 4. The minimum absolute atomic E-state index is 0. The summed E-state index contributed by atoms with van der Waals surface area (Å²) in [5, 5.41) is 21.0. The summed E-state index contributed by atoms with van der Waals surface area (Å²) in [6.45, 7) is 5.76. The number of guanidine groups is 1. The fraction of sp³-hybridized carbons (Fsp3) is 0.444. The van der Waals surface area contributed by atoms with Crippen LogP contribution in [0, 0.1) is 6.92 Å². The molecule has 0 aliphatic rings. The maximum Gasteiger partial charge on any atom is 0.191 e. The van der Waals surface area contributed by atoms with Gasteiger partial charge in [0.1, 0.15) is 0 Å². The van der Waals surface area contributed by atoms with Crippen molar-refractivity contribution in [3.63, 3.8) is 0 Å². The standard InChI is InChI=1S/C18H24Cl2N4OS.HI/c1-3-21-18(22-6-4-5-17-24-12(2)11-26-17)23-10-16(25)13-7-14(19)9-15(20)8-13;/h7-9,11,16,25H,3-6,10H2,1-2H3,(H2,21,22,23);1H. The van der Waals surface area contributed by atoms with Crippen LogP contribution in [-0.2, 0) is 6.42 Å². The van der Waals surface area contributed by atoms with Crippen LogP contribution in [0.25, 0.3) is 0 Å². The Morgan fingerprint density at radius 2 is 1.96 bits per heavy atom. The highest BCUT2D eigenvalue weighted by molar-refractivity contribution is 14.0. The van der Waals surface area contributed by atoms with E-state index in [1.807, 2.05) is 13.8 Å². The molecule has 2 rings (SSSR count). The first-order chi connectivity index (χ1) is 12.5. The predicted molar refractivity (Wildman–Crippen MR) is 126 cm³/mol. The Bertz CT molecular complexity index is 722. The Morgan fingerprint density at radius 3 is 2.56 bits per heavy atom. The summed E-state index contributed by atoms with van der Waals surface area (Å²) in [6, 6.07) is 5.03. The van der Waals surface area contributed by atoms with Crippen molar-refractivity contribution in [3.8, 4) is 0 Å². The number of nitrogens with one attached hydrogen (secondary N) is 2. The first-order valence-corrected chi connectivity index (χ1v) is 10.2. The minimum Gasteiger partial charge on any atom is -0.386 e. The van der Waals surface area contributed by atoms with E-state index in [4.69, 9.17) is 23.2 Å². The van der Waals surface area contributed by atoms with Gasteiger partial charge in [-0.1, -0.05) is 23.2 Å². The average Bonchev–Trinajstić information content (AvgIpc) is 3.00. The van der Waals surface area contributed by atoms with Gasteiger partial charge in [0, 0.05) is 40.6 Å². The molecule has 3 N–H and O–H groups in total. The molecule has 1 atom stereocenters. The molecule has 27 heavy (non-hydrogen) atoms. The quantitative estimate of drug-likeness (QED) is 0.197. The van der Waals surface area contributed by atoms with Gasteiger partial charge in [-0.3, -0.25) is 4.99 Å². The topological polar surface area (TPSA) is 69.5 Å². The van der Waals surface area contributed by atoms with Crippen LogP contribution in [0.15, 0.2) is 28.6 Å². The van der Waals surface area contributed by atoms with Gasteiger partial charge in [0.25, 0.3) is 0 Å². The molecule has 0 spiro atoms. The number of aryl methyl sites for hydroxylation is 2. The lowest BCUT2D eigenvalue weighted by Crippen LogP contribution is -2.38. The van der Waals surface area contributed by atoms with Crippen LogP contribution in [0.1, 0.15) is 35.7 Å². The summed E-state index contributed by atoms with van der Waals surface area (Å²) in [5.74, 6) is 0.676. The normalized spacial score (nSPS) is 12.4. The van der Waals surface area contributed by atoms with Crippen molar-refractivity contribution in [2.75, 3.05) is 19.6 Å². The SMILES string of the molecule is CCNC(=NCC(O)c1cc(Cl)cc(Cl)c1)NCCCc1nc(C)cs1.I. The monoisotopic (exact) mass is 542 g/mol. The van der Waals surface area contributed by atoms with E-state index in [-0.39, 0.29) is 30.5 Å². The Hall–Kier alpha value is -0.610. The molecule has 1 aromatic heterocycles. The van der Waals surface area contributed by atoms with E-state index in [1.165, 1.54) is 0 Å². The molecule has 0 fully saturated rings. The Kier molecular flexibility index (Phi) is 11.6. The molecule has 0 aliphatic heterocycles. The first kappa shape index (κ1) is 24.4. The molecule has 1 aromatic carbocycles. The molecule has 0 amide bonds. The molecule has 2 aromatic rings. The van der Waals surface area contributed by atoms with Gasteiger partial charge >= 0.3 is 0 Å². The van der Waals surface area contributed by atoms with Gasteiger partial charge in [0.15, 0.2) is 5.96 Å². The number of rotatable bonds is 8. The smallest absolute Gasteiger partial charge is 0.191 e. The second-order valence-electron chi connectivity index (χ2n) is 5.85. The summed E-state index contributed by atoms with van der Waals surface area (Å²) >= 11 is 13.7. The van der Waals surface area contributed by atoms with Crippen molar-refractivity contribution in [2.45, 2.75) is 32.8 Å². The van der Waals surface area contributed by atoms with Crippen LogP contribution in [0.2, 0.25) is 10.0 Å². The summed E-state index contributed by atoms with van der Waals surface area (Å²) in [6.07, 6.45) is 1.14. The molecule has 5 nitrogen and oxygen atoms in total. The number of nitrogens with zero attached hydrogens (tertiary/aromatic N) is 2. The number of benzene rings is 1. The van der Waals surface area contributed by atoms with Crippen molar-refractivity contribution in [2.24, 2.45) is 4.99 Å². The Balaban J connectivity index is 0.00000364. The lowest BCUT2D eigenvalue weighted by molar-refractivity contribution is 0.187. The summed E-state index contributed by atoms with van der Waals surface area (Å²) in [5.41, 5.74) is 1.73. The average molecular weight is 543 g/mol. The van der Waals surface area contributed by atoms with Crippen LogP contribution in [-0.4, -0.2) is 35.7 Å². The largest absolute Gasteiger partial charge is 0.386 e. The maximum atomic E-state index is 10.3. The lowest BCUT2D eigenvalue weighted by Gasteiger charge is -2.13. The van der Waals surface area contributed by atoms with Gasteiger partial charge in [-0.15, -0.1) is 35.3 Å². The molecule has 0 aliphatic carbocycles. The van der Waals surface area contributed by atoms with Gasteiger partial charge in [-0.2, -0.15) is 0 Å². The molecule has 0 radical (unpaired) electrons. The summed E-state index contributed by atoms with van der Waals surface area (Å²) < 4.78 is 0.